The van der Waals surface area contributed by atoms with Gasteiger partial charge in [-0.2, -0.15) is 16.7 Å². The molecule has 0 atom stereocenters. The first-order valence-corrected chi connectivity index (χ1v) is 8.23. The van der Waals surface area contributed by atoms with Gasteiger partial charge in [-0.15, -0.1) is 0 Å². The molecular formula is C14H15BrN2O2S. The van der Waals surface area contributed by atoms with E-state index in [4.69, 9.17) is 0 Å². The third kappa shape index (κ3) is 3.43. The van der Waals surface area contributed by atoms with E-state index < -0.39 is 0 Å². The van der Waals surface area contributed by atoms with Crippen molar-refractivity contribution in [1.29, 1.82) is 0 Å². The van der Waals surface area contributed by atoms with Crippen LogP contribution in [-0.2, 0) is 5.75 Å². The minimum atomic E-state index is -0.323. The van der Waals surface area contributed by atoms with Crippen LogP contribution < -0.4 is 5.56 Å². The number of benzene rings is 1. The molecule has 2 N–H and O–H groups in total. The zero-order valence-corrected chi connectivity index (χ0v) is 13.4. The fraction of sp³-hybridized carbons (Fsp3) is 0.286. The van der Waals surface area contributed by atoms with Crippen LogP contribution in [0.5, 0.6) is 5.88 Å². The predicted octanol–water partition coefficient (Wildman–Crippen LogP) is 3.55. The van der Waals surface area contributed by atoms with Gasteiger partial charge < -0.3 is 10.1 Å². The Morgan fingerprint density at radius 3 is 2.80 bits per heavy atom. The van der Waals surface area contributed by atoms with Crippen LogP contribution in [0.15, 0.2) is 33.5 Å². The first-order valence-electron chi connectivity index (χ1n) is 6.28. The third-order valence-corrected chi connectivity index (χ3v) is 4.55. The van der Waals surface area contributed by atoms with Crippen molar-refractivity contribution in [3.05, 3.63) is 44.9 Å². The molecule has 0 saturated heterocycles. The number of aromatic hydroxyl groups is 1. The summed E-state index contributed by atoms with van der Waals surface area (Å²) in [4.78, 5) is 19.0. The van der Waals surface area contributed by atoms with E-state index in [1.807, 2.05) is 18.2 Å². The SMILES string of the molecule is CCCSCc1nc(O)c(-c2ccccc2Br)c(=O)[nH]1. The topological polar surface area (TPSA) is 66.0 Å². The molecule has 4 nitrogen and oxygen atoms in total. The number of rotatable bonds is 5. The molecule has 0 saturated carbocycles. The van der Waals surface area contributed by atoms with E-state index in [2.05, 4.69) is 32.8 Å². The molecule has 2 aromatic rings. The van der Waals surface area contributed by atoms with E-state index in [1.54, 1.807) is 17.8 Å². The molecule has 0 aliphatic rings. The molecule has 1 aromatic carbocycles. The summed E-state index contributed by atoms with van der Waals surface area (Å²) in [6, 6.07) is 7.24. The van der Waals surface area contributed by atoms with Crippen LogP contribution in [0.2, 0.25) is 0 Å². The van der Waals surface area contributed by atoms with Gasteiger partial charge in [-0.25, -0.2) is 0 Å². The summed E-state index contributed by atoms with van der Waals surface area (Å²) < 4.78 is 0.746. The van der Waals surface area contributed by atoms with Crippen LogP contribution in [-0.4, -0.2) is 20.8 Å². The standard InChI is InChI=1S/C14H15BrN2O2S/c1-2-7-20-8-11-16-13(18)12(14(19)17-11)9-5-3-4-6-10(9)15/h3-6H,2,7-8H2,1H3,(H2,16,17,18,19). The second-order valence-electron chi connectivity index (χ2n) is 4.24. The Balaban J connectivity index is 2.37. The van der Waals surface area contributed by atoms with Crippen LogP contribution >= 0.6 is 27.7 Å². The highest BCUT2D eigenvalue weighted by atomic mass is 79.9. The fourth-order valence-corrected chi connectivity index (χ4v) is 3.04. The molecule has 1 heterocycles. The van der Waals surface area contributed by atoms with Crippen LogP contribution in [0.3, 0.4) is 0 Å². The van der Waals surface area contributed by atoms with E-state index in [1.165, 1.54) is 0 Å². The van der Waals surface area contributed by atoms with Gasteiger partial charge >= 0.3 is 0 Å². The van der Waals surface area contributed by atoms with E-state index in [0.717, 1.165) is 16.6 Å². The molecule has 0 fully saturated rings. The number of thioether (sulfide) groups is 1. The maximum absolute atomic E-state index is 12.2. The summed E-state index contributed by atoms with van der Waals surface area (Å²) in [6.45, 7) is 2.09. The number of nitrogens with one attached hydrogen (secondary N) is 1. The van der Waals surface area contributed by atoms with Crippen molar-refractivity contribution in [2.24, 2.45) is 0 Å². The predicted molar refractivity (Wildman–Crippen MR) is 86.1 cm³/mol. The van der Waals surface area contributed by atoms with Crippen molar-refractivity contribution in [3.63, 3.8) is 0 Å². The Kier molecular flexibility index (Phi) is 5.25. The lowest BCUT2D eigenvalue weighted by Gasteiger charge is -2.07. The molecule has 0 unspecified atom stereocenters. The Morgan fingerprint density at radius 2 is 2.15 bits per heavy atom. The Morgan fingerprint density at radius 1 is 1.40 bits per heavy atom. The molecule has 0 aliphatic carbocycles. The van der Waals surface area contributed by atoms with Crippen molar-refractivity contribution in [1.82, 2.24) is 9.97 Å². The maximum Gasteiger partial charge on any atom is 0.262 e. The normalized spacial score (nSPS) is 10.7. The molecule has 0 amide bonds. The number of hydrogen-bond donors (Lipinski definition) is 2. The van der Waals surface area contributed by atoms with Crippen molar-refractivity contribution in [2.45, 2.75) is 19.1 Å². The summed E-state index contributed by atoms with van der Waals surface area (Å²) in [5.41, 5.74) is 0.504. The molecule has 106 valence electrons. The smallest absolute Gasteiger partial charge is 0.262 e. The van der Waals surface area contributed by atoms with Gasteiger partial charge in [0.15, 0.2) is 0 Å². The van der Waals surface area contributed by atoms with Gasteiger partial charge in [0.05, 0.1) is 5.75 Å². The minimum absolute atomic E-state index is 0.196. The maximum atomic E-state index is 12.2. The summed E-state index contributed by atoms with van der Waals surface area (Å²) in [6.07, 6.45) is 1.07. The summed E-state index contributed by atoms with van der Waals surface area (Å²) in [7, 11) is 0. The summed E-state index contributed by atoms with van der Waals surface area (Å²) in [5.74, 6) is 1.86. The van der Waals surface area contributed by atoms with Crippen molar-refractivity contribution in [2.75, 3.05) is 5.75 Å². The number of halogens is 1. The minimum Gasteiger partial charge on any atom is -0.493 e. The number of aromatic amines is 1. The molecule has 0 spiro atoms. The monoisotopic (exact) mass is 354 g/mol. The van der Waals surface area contributed by atoms with Gasteiger partial charge in [0.1, 0.15) is 11.4 Å². The zero-order valence-electron chi connectivity index (χ0n) is 11.0. The van der Waals surface area contributed by atoms with Gasteiger partial charge in [0.25, 0.3) is 5.56 Å². The van der Waals surface area contributed by atoms with Crippen LogP contribution in [0.4, 0.5) is 0 Å². The number of H-pyrrole nitrogens is 1. The average molecular weight is 355 g/mol. The number of nitrogens with zero attached hydrogens (tertiary/aromatic N) is 1. The molecule has 0 aliphatic heterocycles. The average Bonchev–Trinajstić information content (AvgIpc) is 2.40. The lowest BCUT2D eigenvalue weighted by molar-refractivity contribution is 0.451. The molecule has 0 radical (unpaired) electrons. The molecular weight excluding hydrogens is 340 g/mol. The zero-order chi connectivity index (χ0) is 14.5. The molecule has 1 aromatic heterocycles. The van der Waals surface area contributed by atoms with Gasteiger partial charge in [-0.1, -0.05) is 41.1 Å². The quantitative estimate of drug-likeness (QED) is 0.805. The largest absolute Gasteiger partial charge is 0.493 e. The summed E-state index contributed by atoms with van der Waals surface area (Å²) in [5, 5.41) is 10.0. The van der Waals surface area contributed by atoms with E-state index in [0.29, 0.717) is 17.1 Å². The van der Waals surface area contributed by atoms with Crippen molar-refractivity contribution < 1.29 is 5.11 Å². The Bertz CT molecular complexity index is 658. The summed E-state index contributed by atoms with van der Waals surface area (Å²) >= 11 is 5.05. The van der Waals surface area contributed by atoms with E-state index in [-0.39, 0.29) is 17.0 Å². The van der Waals surface area contributed by atoms with E-state index >= 15 is 0 Å². The molecule has 2 rings (SSSR count). The molecule has 20 heavy (non-hydrogen) atoms. The Hall–Kier alpha value is -1.27. The van der Waals surface area contributed by atoms with Crippen LogP contribution in [0, 0.1) is 0 Å². The van der Waals surface area contributed by atoms with Gasteiger partial charge in [0, 0.05) is 10.0 Å². The van der Waals surface area contributed by atoms with E-state index in [9.17, 15) is 9.90 Å². The fourth-order valence-electron chi connectivity index (χ4n) is 1.80. The second kappa shape index (κ2) is 6.95. The lowest BCUT2D eigenvalue weighted by atomic mass is 10.1. The molecule has 6 heteroatoms. The third-order valence-electron chi connectivity index (χ3n) is 2.68. The van der Waals surface area contributed by atoms with Crippen LogP contribution in [0.25, 0.3) is 11.1 Å². The first-order chi connectivity index (χ1) is 9.63. The Labute approximate surface area is 129 Å². The van der Waals surface area contributed by atoms with Gasteiger partial charge in [-0.3, -0.25) is 4.79 Å². The highest BCUT2D eigenvalue weighted by Gasteiger charge is 2.15. The second-order valence-corrected chi connectivity index (χ2v) is 6.20. The number of hydrogen-bond acceptors (Lipinski definition) is 4. The highest BCUT2D eigenvalue weighted by Crippen LogP contribution is 2.30. The molecule has 0 bridgehead atoms. The van der Waals surface area contributed by atoms with Crippen molar-refractivity contribution in [3.8, 4) is 17.0 Å². The lowest BCUT2D eigenvalue weighted by Crippen LogP contribution is -2.14. The first kappa shape index (κ1) is 15.1. The van der Waals surface area contributed by atoms with Gasteiger partial charge in [-0.05, 0) is 18.2 Å². The highest BCUT2D eigenvalue weighted by molar-refractivity contribution is 9.10. The van der Waals surface area contributed by atoms with Crippen LogP contribution in [0.1, 0.15) is 19.2 Å². The number of aromatic nitrogens is 2. The van der Waals surface area contributed by atoms with Crippen molar-refractivity contribution >= 4 is 27.7 Å². The van der Waals surface area contributed by atoms with Gasteiger partial charge in [0.2, 0.25) is 5.88 Å².